The maximum Gasteiger partial charge on any atom is 0.328 e. The number of esters is 1. The van der Waals surface area contributed by atoms with Crippen LogP contribution in [-0.2, 0) is 14.3 Å². The molecule has 0 aromatic rings. The van der Waals surface area contributed by atoms with Crippen LogP contribution in [0, 0.1) is 0 Å². The van der Waals surface area contributed by atoms with Gasteiger partial charge in [0.05, 0.1) is 7.11 Å². The van der Waals surface area contributed by atoms with E-state index in [0.29, 0.717) is 6.42 Å². The number of alkyl halides is 3. The molecular formula is C8H10Br3NO3. The monoisotopic (exact) mass is 405 g/mol. The molecule has 0 aromatic heterocycles. The van der Waals surface area contributed by atoms with Crippen molar-refractivity contribution in [1.82, 2.24) is 5.32 Å². The number of carbonyl (C=O) groups excluding carboxylic acids is 2. The summed E-state index contributed by atoms with van der Waals surface area (Å²) in [5.74, 6) is -0.945. The van der Waals surface area contributed by atoms with E-state index < -0.39 is 20.1 Å². The predicted molar refractivity (Wildman–Crippen MR) is 68.3 cm³/mol. The summed E-state index contributed by atoms with van der Waals surface area (Å²) in [6, 6.07) is -0.730. The van der Waals surface area contributed by atoms with E-state index in [2.05, 4.69) is 64.4 Å². The Morgan fingerprint density at radius 3 is 2.40 bits per heavy atom. The van der Waals surface area contributed by atoms with Gasteiger partial charge in [0.25, 0.3) is 5.91 Å². The molecule has 1 N–H and O–H groups in total. The van der Waals surface area contributed by atoms with Gasteiger partial charge < -0.3 is 10.1 Å². The average molecular weight is 408 g/mol. The second-order valence-electron chi connectivity index (χ2n) is 2.57. The first-order chi connectivity index (χ1) is 6.82. The number of ether oxygens (including phenoxy) is 1. The third kappa shape index (κ3) is 5.67. The molecule has 1 unspecified atom stereocenters. The fourth-order valence-electron chi connectivity index (χ4n) is 0.763. The summed E-state index contributed by atoms with van der Waals surface area (Å²) >= 11 is 9.11. The Hall–Kier alpha value is 0.120. The minimum absolute atomic E-state index is 0.307. The maximum absolute atomic E-state index is 11.5. The van der Waals surface area contributed by atoms with Crippen molar-refractivity contribution in [2.45, 2.75) is 14.6 Å². The molecule has 0 saturated carbocycles. The van der Waals surface area contributed by atoms with Crippen molar-refractivity contribution in [3.05, 3.63) is 12.7 Å². The topological polar surface area (TPSA) is 55.4 Å². The van der Waals surface area contributed by atoms with Crippen LogP contribution in [0.25, 0.3) is 0 Å². The zero-order valence-corrected chi connectivity index (χ0v) is 12.7. The van der Waals surface area contributed by atoms with Gasteiger partial charge in [-0.1, -0.05) is 6.08 Å². The smallest absolute Gasteiger partial charge is 0.328 e. The van der Waals surface area contributed by atoms with Crippen molar-refractivity contribution in [2.75, 3.05) is 7.11 Å². The molecule has 0 aliphatic rings. The molecule has 0 aliphatic carbocycles. The van der Waals surface area contributed by atoms with E-state index in [0.717, 1.165) is 0 Å². The summed E-state index contributed by atoms with van der Waals surface area (Å²) in [7, 11) is 1.26. The first kappa shape index (κ1) is 15.1. The number of hydrogen-bond acceptors (Lipinski definition) is 3. The first-order valence-electron chi connectivity index (χ1n) is 3.89. The van der Waals surface area contributed by atoms with Gasteiger partial charge in [-0.05, 0) is 54.2 Å². The van der Waals surface area contributed by atoms with Gasteiger partial charge >= 0.3 is 5.97 Å². The van der Waals surface area contributed by atoms with E-state index in [-0.39, 0.29) is 0 Å². The van der Waals surface area contributed by atoms with Gasteiger partial charge in [0.15, 0.2) is 0 Å². The van der Waals surface area contributed by atoms with Crippen LogP contribution in [0.15, 0.2) is 12.7 Å². The van der Waals surface area contributed by atoms with Crippen LogP contribution in [0.2, 0.25) is 0 Å². The number of methoxy groups -OCH3 is 1. The third-order valence-electron chi connectivity index (χ3n) is 1.45. The lowest BCUT2D eigenvalue weighted by Crippen LogP contribution is -2.45. The van der Waals surface area contributed by atoms with Gasteiger partial charge in [0.1, 0.15) is 6.04 Å². The van der Waals surface area contributed by atoms with Crippen LogP contribution in [0.3, 0.4) is 0 Å². The van der Waals surface area contributed by atoms with Crippen molar-refractivity contribution in [3.8, 4) is 0 Å². The molecule has 7 heteroatoms. The lowest BCUT2D eigenvalue weighted by molar-refractivity contribution is -0.144. The largest absolute Gasteiger partial charge is 0.467 e. The number of hydrogen-bond donors (Lipinski definition) is 1. The summed E-state index contributed by atoms with van der Waals surface area (Å²) < 4.78 is 3.45. The van der Waals surface area contributed by atoms with E-state index in [1.54, 1.807) is 0 Å². The van der Waals surface area contributed by atoms with E-state index in [9.17, 15) is 9.59 Å². The molecule has 0 bridgehead atoms. The Labute approximate surface area is 113 Å². The van der Waals surface area contributed by atoms with Crippen LogP contribution in [0.5, 0.6) is 0 Å². The Bertz CT molecular complexity index is 262. The normalized spacial score (nSPS) is 12.8. The lowest BCUT2D eigenvalue weighted by atomic mass is 10.2. The SMILES string of the molecule is C=CCC(NC(=O)C(Br)(Br)Br)C(=O)OC. The number of carbonyl (C=O) groups is 2. The summed E-state index contributed by atoms with van der Waals surface area (Å²) in [5, 5.41) is 2.48. The van der Waals surface area contributed by atoms with Gasteiger partial charge in [-0.3, -0.25) is 4.79 Å². The van der Waals surface area contributed by atoms with E-state index in [1.807, 2.05) is 0 Å². The van der Waals surface area contributed by atoms with Crippen LogP contribution >= 0.6 is 47.8 Å². The summed E-state index contributed by atoms with van der Waals surface area (Å²) in [6.45, 7) is 3.49. The fraction of sp³-hybridized carbons (Fsp3) is 0.500. The van der Waals surface area contributed by atoms with Crippen molar-refractivity contribution < 1.29 is 14.3 Å². The molecule has 1 atom stereocenters. The van der Waals surface area contributed by atoms with Crippen molar-refractivity contribution >= 4 is 59.7 Å². The number of halogens is 3. The number of nitrogens with one attached hydrogen (secondary N) is 1. The molecule has 0 saturated heterocycles. The average Bonchev–Trinajstić information content (AvgIpc) is 2.14. The van der Waals surface area contributed by atoms with Gasteiger partial charge in [-0.2, -0.15) is 0 Å². The Balaban J connectivity index is 4.48. The van der Waals surface area contributed by atoms with Crippen LogP contribution < -0.4 is 5.32 Å². The minimum atomic E-state index is -1.08. The molecule has 0 aliphatic heterocycles. The molecule has 0 rings (SSSR count). The van der Waals surface area contributed by atoms with Crippen LogP contribution in [0.4, 0.5) is 0 Å². The fourth-order valence-corrected chi connectivity index (χ4v) is 1.11. The molecule has 0 heterocycles. The van der Waals surface area contributed by atoms with Gasteiger partial charge in [-0.15, -0.1) is 6.58 Å². The minimum Gasteiger partial charge on any atom is -0.467 e. The molecule has 15 heavy (non-hydrogen) atoms. The Morgan fingerprint density at radius 2 is 2.07 bits per heavy atom. The molecule has 0 aromatic carbocycles. The highest BCUT2D eigenvalue weighted by Crippen LogP contribution is 2.33. The van der Waals surface area contributed by atoms with Crippen molar-refractivity contribution in [3.63, 3.8) is 0 Å². The lowest BCUT2D eigenvalue weighted by Gasteiger charge is -2.18. The second-order valence-corrected chi connectivity index (χ2v) is 9.33. The zero-order valence-electron chi connectivity index (χ0n) is 7.93. The Kier molecular flexibility index (Phi) is 6.70. The molecule has 0 radical (unpaired) electrons. The summed E-state index contributed by atoms with van der Waals surface area (Å²) in [6.07, 6.45) is 1.84. The first-order valence-corrected chi connectivity index (χ1v) is 6.27. The van der Waals surface area contributed by atoms with Gasteiger partial charge in [0, 0.05) is 0 Å². The van der Waals surface area contributed by atoms with Gasteiger partial charge in [-0.25, -0.2) is 4.79 Å². The van der Waals surface area contributed by atoms with Crippen molar-refractivity contribution in [2.24, 2.45) is 0 Å². The highest BCUT2D eigenvalue weighted by molar-refractivity contribution is 9.40. The van der Waals surface area contributed by atoms with E-state index in [4.69, 9.17) is 0 Å². The Morgan fingerprint density at radius 1 is 1.53 bits per heavy atom. The van der Waals surface area contributed by atoms with E-state index >= 15 is 0 Å². The highest BCUT2D eigenvalue weighted by atomic mass is 80.0. The molecule has 1 amide bonds. The highest BCUT2D eigenvalue weighted by Gasteiger charge is 2.32. The van der Waals surface area contributed by atoms with Crippen molar-refractivity contribution in [1.29, 1.82) is 0 Å². The molecule has 0 spiro atoms. The van der Waals surface area contributed by atoms with Gasteiger partial charge in [0.2, 0.25) is 2.14 Å². The summed E-state index contributed by atoms with van der Waals surface area (Å²) in [5.41, 5.74) is 0. The number of amides is 1. The molecular weight excluding hydrogens is 398 g/mol. The number of rotatable bonds is 4. The summed E-state index contributed by atoms with van der Waals surface area (Å²) in [4.78, 5) is 22.7. The van der Waals surface area contributed by atoms with Crippen LogP contribution in [-0.4, -0.2) is 27.2 Å². The van der Waals surface area contributed by atoms with E-state index in [1.165, 1.54) is 13.2 Å². The molecule has 86 valence electrons. The molecule has 0 fully saturated rings. The standard InChI is InChI=1S/C8H10Br3NO3/c1-3-4-5(6(13)15-2)12-7(14)8(9,10)11/h3,5H,1,4H2,2H3,(H,12,14). The quantitative estimate of drug-likeness (QED) is 0.441. The zero-order chi connectivity index (χ0) is 12.1. The predicted octanol–water partition coefficient (Wildman–Crippen LogP) is 2.06. The maximum atomic E-state index is 11.5. The molecule has 4 nitrogen and oxygen atoms in total. The third-order valence-corrected chi connectivity index (χ3v) is 2.53. The second kappa shape index (κ2) is 6.65. The van der Waals surface area contributed by atoms with Crippen LogP contribution in [0.1, 0.15) is 6.42 Å².